The lowest BCUT2D eigenvalue weighted by atomic mass is 9.90. The molecule has 0 radical (unpaired) electrons. The summed E-state index contributed by atoms with van der Waals surface area (Å²) < 4.78 is 23.8. The highest BCUT2D eigenvalue weighted by atomic mass is 32.2. The highest BCUT2D eigenvalue weighted by Crippen LogP contribution is 2.42. The van der Waals surface area contributed by atoms with Gasteiger partial charge in [0.1, 0.15) is 5.60 Å². The molecule has 2 N–H and O–H groups in total. The second-order valence-electron chi connectivity index (χ2n) is 5.76. The van der Waals surface area contributed by atoms with E-state index in [1.54, 1.807) is 0 Å². The van der Waals surface area contributed by atoms with Crippen molar-refractivity contribution in [3.05, 3.63) is 29.8 Å². The van der Waals surface area contributed by atoms with Crippen LogP contribution in [0, 0.1) is 0 Å². The van der Waals surface area contributed by atoms with Gasteiger partial charge in [-0.2, -0.15) is 0 Å². The van der Waals surface area contributed by atoms with Crippen LogP contribution in [-0.2, 0) is 16.3 Å². The molecule has 19 heavy (non-hydrogen) atoms. The number of aliphatic hydroxyl groups is 1. The monoisotopic (exact) mass is 281 g/mol. The van der Waals surface area contributed by atoms with E-state index in [2.05, 4.69) is 5.32 Å². The van der Waals surface area contributed by atoms with Crippen LogP contribution in [0.5, 0.6) is 0 Å². The zero-order chi connectivity index (χ0) is 13.7. The molecule has 3 unspecified atom stereocenters. The molecule has 1 fully saturated rings. The minimum absolute atomic E-state index is 0.202. The smallest absolute Gasteiger partial charge is 0.153 e. The molecule has 2 aliphatic rings. The first-order valence-electron chi connectivity index (χ1n) is 6.67. The Morgan fingerprint density at radius 3 is 2.79 bits per heavy atom. The maximum absolute atomic E-state index is 11.9. The summed E-state index contributed by atoms with van der Waals surface area (Å²) in [7, 11) is -3.22. The van der Waals surface area contributed by atoms with Gasteiger partial charge in [-0.05, 0) is 37.3 Å². The summed E-state index contributed by atoms with van der Waals surface area (Å²) in [5, 5.41) is 13.6. The highest BCUT2D eigenvalue weighted by molar-refractivity contribution is 7.91. The van der Waals surface area contributed by atoms with Crippen molar-refractivity contribution in [3.8, 4) is 0 Å². The largest absolute Gasteiger partial charge is 0.386 e. The summed E-state index contributed by atoms with van der Waals surface area (Å²) >= 11 is 0. The summed E-state index contributed by atoms with van der Waals surface area (Å²) in [5.41, 5.74) is 1.02. The first-order chi connectivity index (χ1) is 8.91. The van der Waals surface area contributed by atoms with E-state index in [4.69, 9.17) is 0 Å². The van der Waals surface area contributed by atoms with E-state index in [1.165, 1.54) is 6.26 Å². The number of benzene rings is 1. The number of rotatable bonds is 2. The molecule has 1 aromatic rings. The van der Waals surface area contributed by atoms with Gasteiger partial charge in [0.2, 0.25) is 0 Å². The zero-order valence-electron chi connectivity index (χ0n) is 11.0. The number of anilines is 1. The number of sulfone groups is 1. The molecular weight excluding hydrogens is 262 g/mol. The fourth-order valence-electron chi connectivity index (χ4n) is 3.56. The molecule has 3 atom stereocenters. The SMILES string of the molecule is CS(=O)(=O)C1CCCC1(O)C1Cc2ccccc2N1. The first-order valence-corrected chi connectivity index (χ1v) is 8.62. The quantitative estimate of drug-likeness (QED) is 0.859. The Balaban J connectivity index is 1.91. The van der Waals surface area contributed by atoms with Gasteiger partial charge in [-0.1, -0.05) is 18.2 Å². The Morgan fingerprint density at radius 1 is 1.37 bits per heavy atom. The molecule has 0 amide bonds. The van der Waals surface area contributed by atoms with Gasteiger partial charge in [0.15, 0.2) is 9.84 Å². The van der Waals surface area contributed by atoms with Crippen LogP contribution in [0.2, 0.25) is 0 Å². The number of fused-ring (bicyclic) bond motifs is 1. The Morgan fingerprint density at radius 2 is 2.11 bits per heavy atom. The van der Waals surface area contributed by atoms with Gasteiger partial charge in [0.25, 0.3) is 0 Å². The third-order valence-corrected chi connectivity index (χ3v) is 6.17. The molecule has 1 heterocycles. The molecule has 0 saturated heterocycles. The van der Waals surface area contributed by atoms with Crippen molar-refractivity contribution in [2.45, 2.75) is 42.6 Å². The molecule has 1 aromatic carbocycles. The average Bonchev–Trinajstić information content (AvgIpc) is 2.91. The normalized spacial score (nSPS) is 34.0. The molecule has 0 bridgehead atoms. The molecule has 1 aliphatic carbocycles. The van der Waals surface area contributed by atoms with E-state index in [9.17, 15) is 13.5 Å². The van der Waals surface area contributed by atoms with Gasteiger partial charge >= 0.3 is 0 Å². The maximum atomic E-state index is 11.9. The van der Waals surface area contributed by atoms with E-state index in [-0.39, 0.29) is 6.04 Å². The van der Waals surface area contributed by atoms with Gasteiger partial charge in [-0.15, -0.1) is 0 Å². The number of hydrogen-bond acceptors (Lipinski definition) is 4. The topological polar surface area (TPSA) is 66.4 Å². The number of hydrogen-bond donors (Lipinski definition) is 2. The molecule has 1 saturated carbocycles. The fraction of sp³-hybridized carbons (Fsp3) is 0.571. The summed E-state index contributed by atoms with van der Waals surface area (Å²) in [4.78, 5) is 0. The van der Waals surface area contributed by atoms with Crippen molar-refractivity contribution in [2.75, 3.05) is 11.6 Å². The predicted octanol–water partition coefficient (Wildman–Crippen LogP) is 1.35. The minimum Gasteiger partial charge on any atom is -0.386 e. The van der Waals surface area contributed by atoms with Crippen molar-refractivity contribution in [2.24, 2.45) is 0 Å². The second-order valence-corrected chi connectivity index (χ2v) is 7.99. The van der Waals surface area contributed by atoms with Crippen molar-refractivity contribution in [1.29, 1.82) is 0 Å². The van der Waals surface area contributed by atoms with Gasteiger partial charge in [0, 0.05) is 11.9 Å². The van der Waals surface area contributed by atoms with E-state index in [1.807, 2.05) is 24.3 Å². The van der Waals surface area contributed by atoms with Crippen molar-refractivity contribution < 1.29 is 13.5 Å². The van der Waals surface area contributed by atoms with Crippen molar-refractivity contribution in [1.82, 2.24) is 0 Å². The Labute approximate surface area is 113 Å². The van der Waals surface area contributed by atoms with E-state index in [0.29, 0.717) is 19.3 Å². The van der Waals surface area contributed by atoms with Crippen LogP contribution in [0.1, 0.15) is 24.8 Å². The third kappa shape index (κ3) is 2.05. The second kappa shape index (κ2) is 4.21. The lowest BCUT2D eigenvalue weighted by Crippen LogP contribution is -2.54. The molecule has 5 heteroatoms. The van der Waals surface area contributed by atoms with Crippen LogP contribution in [0.15, 0.2) is 24.3 Å². The summed E-state index contributed by atoms with van der Waals surface area (Å²) in [6.45, 7) is 0. The van der Waals surface area contributed by atoms with Gasteiger partial charge in [-0.3, -0.25) is 0 Å². The summed E-state index contributed by atoms with van der Waals surface area (Å²) in [6, 6.07) is 7.71. The molecule has 0 aromatic heterocycles. The molecular formula is C14H19NO3S. The molecule has 4 nitrogen and oxygen atoms in total. The molecule has 0 spiro atoms. The van der Waals surface area contributed by atoms with Crippen molar-refractivity contribution in [3.63, 3.8) is 0 Å². The third-order valence-electron chi connectivity index (χ3n) is 4.49. The molecule has 1 aliphatic heterocycles. The Hall–Kier alpha value is -1.07. The lowest BCUT2D eigenvalue weighted by Gasteiger charge is -2.35. The van der Waals surface area contributed by atoms with Crippen LogP contribution < -0.4 is 5.32 Å². The highest BCUT2D eigenvalue weighted by Gasteiger charge is 2.53. The molecule has 3 rings (SSSR count). The minimum atomic E-state index is -3.22. The lowest BCUT2D eigenvalue weighted by molar-refractivity contribution is 0.0328. The maximum Gasteiger partial charge on any atom is 0.153 e. The predicted molar refractivity (Wildman–Crippen MR) is 75.0 cm³/mol. The van der Waals surface area contributed by atoms with Crippen LogP contribution in [-0.4, -0.2) is 36.7 Å². The standard InChI is InChI=1S/C14H19NO3S/c1-19(17,18)13-7-4-8-14(13,16)12-9-10-5-2-3-6-11(10)15-12/h2-3,5-6,12-13,15-16H,4,7-9H2,1H3. The van der Waals surface area contributed by atoms with Crippen LogP contribution in [0.4, 0.5) is 5.69 Å². The Kier molecular flexibility index (Phi) is 2.87. The van der Waals surface area contributed by atoms with E-state index < -0.39 is 20.7 Å². The molecule has 104 valence electrons. The van der Waals surface area contributed by atoms with Gasteiger partial charge < -0.3 is 10.4 Å². The van der Waals surface area contributed by atoms with E-state index in [0.717, 1.165) is 17.7 Å². The van der Waals surface area contributed by atoms with Crippen LogP contribution in [0.25, 0.3) is 0 Å². The van der Waals surface area contributed by atoms with Gasteiger partial charge in [0.05, 0.1) is 11.3 Å². The first kappa shape index (κ1) is 12.9. The van der Waals surface area contributed by atoms with Crippen LogP contribution in [0.3, 0.4) is 0 Å². The number of nitrogens with one attached hydrogen (secondary N) is 1. The fourth-order valence-corrected chi connectivity index (χ4v) is 5.18. The van der Waals surface area contributed by atoms with Gasteiger partial charge in [-0.25, -0.2) is 8.42 Å². The van der Waals surface area contributed by atoms with Crippen LogP contribution >= 0.6 is 0 Å². The van der Waals surface area contributed by atoms with Crippen molar-refractivity contribution >= 4 is 15.5 Å². The number of para-hydroxylation sites is 1. The average molecular weight is 281 g/mol. The summed E-state index contributed by atoms with van der Waals surface area (Å²) in [5.74, 6) is 0. The Bertz CT molecular complexity index is 573. The zero-order valence-corrected chi connectivity index (χ0v) is 11.8. The summed E-state index contributed by atoms with van der Waals surface area (Å²) in [6.07, 6.45) is 3.80. The van der Waals surface area contributed by atoms with E-state index >= 15 is 0 Å².